The van der Waals surface area contributed by atoms with Crippen LogP contribution in [-0.4, -0.2) is 33.5 Å². The van der Waals surface area contributed by atoms with Crippen molar-refractivity contribution in [3.8, 4) is 0 Å². The summed E-state index contributed by atoms with van der Waals surface area (Å²) in [5.41, 5.74) is 3.50. The van der Waals surface area contributed by atoms with Crippen LogP contribution in [0.15, 0.2) is 42.5 Å². The number of rotatable bonds is 5. The summed E-state index contributed by atoms with van der Waals surface area (Å²) in [7, 11) is 0. The number of hydrogen-bond acceptors (Lipinski definition) is 2. The molecule has 3 saturated carbocycles. The molecule has 0 saturated heterocycles. The van der Waals surface area contributed by atoms with Crippen LogP contribution in [0.2, 0.25) is 0 Å². The Morgan fingerprint density at radius 3 is 2.55 bits per heavy atom. The molecule has 2 N–H and O–H groups in total. The quantitative estimate of drug-likeness (QED) is 0.494. The molecule has 0 spiro atoms. The smallest absolute Gasteiger partial charge is 0.328 e. The second kappa shape index (κ2) is 7.26. The van der Waals surface area contributed by atoms with Crippen molar-refractivity contribution in [2.45, 2.75) is 44.7 Å². The van der Waals surface area contributed by atoms with Gasteiger partial charge in [0.05, 0.1) is 6.04 Å². The molecule has 2 aromatic carbocycles. The number of fused-ring (bicyclic) bond motifs is 3. The van der Waals surface area contributed by atoms with Crippen molar-refractivity contribution in [3.63, 3.8) is 0 Å². The van der Waals surface area contributed by atoms with E-state index in [4.69, 9.17) is 5.11 Å². The fourth-order valence-corrected chi connectivity index (χ4v) is 6.43. The van der Waals surface area contributed by atoms with Crippen LogP contribution in [-0.2, 0) is 11.2 Å². The summed E-state index contributed by atoms with van der Waals surface area (Å²) < 4.78 is 31.1. The van der Waals surface area contributed by atoms with Crippen molar-refractivity contribution in [2.24, 2.45) is 11.3 Å². The number of carboxylic acid groups (broad SMARTS) is 1. The molecule has 4 nitrogen and oxygen atoms in total. The third kappa shape index (κ3) is 3.22. The molecule has 0 radical (unpaired) electrons. The molecular formula is C27H26F2N2O2. The van der Waals surface area contributed by atoms with Gasteiger partial charge in [0, 0.05) is 40.8 Å². The van der Waals surface area contributed by atoms with Crippen LogP contribution >= 0.6 is 0 Å². The first-order valence-corrected chi connectivity index (χ1v) is 11.6. The lowest BCUT2D eigenvalue weighted by Crippen LogP contribution is -2.60. The van der Waals surface area contributed by atoms with E-state index in [1.165, 1.54) is 37.5 Å². The average molecular weight is 449 g/mol. The van der Waals surface area contributed by atoms with Crippen LogP contribution in [0, 0.1) is 23.0 Å². The van der Waals surface area contributed by atoms with Gasteiger partial charge in [-0.05, 0) is 79.3 Å². The second-order valence-electron chi connectivity index (χ2n) is 10.2. The first kappa shape index (κ1) is 20.6. The van der Waals surface area contributed by atoms with Gasteiger partial charge < -0.3 is 10.1 Å². The van der Waals surface area contributed by atoms with Gasteiger partial charge in [-0.15, -0.1) is 0 Å². The van der Waals surface area contributed by atoms with Gasteiger partial charge in [-0.25, -0.2) is 13.6 Å². The SMILES string of the molecule is C[C@@H]1Cc2c([nH]c3ccccc23)[C@@H](c2c(F)cc(/C=C/C(=O)O)cc2F)N1CC12CC(C1)C2. The van der Waals surface area contributed by atoms with E-state index in [2.05, 4.69) is 22.9 Å². The number of carboxylic acids is 1. The maximum Gasteiger partial charge on any atom is 0.328 e. The van der Waals surface area contributed by atoms with E-state index in [0.717, 1.165) is 47.1 Å². The van der Waals surface area contributed by atoms with Gasteiger partial charge >= 0.3 is 5.97 Å². The predicted molar refractivity (Wildman–Crippen MR) is 123 cm³/mol. The summed E-state index contributed by atoms with van der Waals surface area (Å²) >= 11 is 0. The zero-order valence-electron chi connectivity index (χ0n) is 18.4. The van der Waals surface area contributed by atoms with Crippen molar-refractivity contribution in [2.75, 3.05) is 6.54 Å². The maximum absolute atomic E-state index is 15.5. The Labute approximate surface area is 190 Å². The van der Waals surface area contributed by atoms with Crippen LogP contribution in [0.5, 0.6) is 0 Å². The van der Waals surface area contributed by atoms with E-state index in [-0.39, 0.29) is 22.6 Å². The number of aliphatic carboxylic acids is 1. The van der Waals surface area contributed by atoms with Crippen molar-refractivity contribution >= 4 is 22.9 Å². The topological polar surface area (TPSA) is 56.3 Å². The predicted octanol–water partition coefficient (Wildman–Crippen LogP) is 5.68. The fourth-order valence-electron chi connectivity index (χ4n) is 6.43. The second-order valence-corrected chi connectivity index (χ2v) is 10.2. The standard InChI is InChI=1S/C27H26F2N2O2/c1-15-8-19-18-4-2-3-5-22(18)30-25(19)26(31(15)14-27-11-17(12-27)13-27)24-20(28)9-16(10-21(24)29)6-7-23(32)33/h2-7,9-10,15,17,26,30H,8,11-14H2,1H3,(H,32,33)/b7-6+/t15-,17?,26-,27?/m1/s1. The zero-order valence-corrected chi connectivity index (χ0v) is 18.4. The van der Waals surface area contributed by atoms with E-state index < -0.39 is 23.6 Å². The molecule has 7 rings (SSSR count). The van der Waals surface area contributed by atoms with E-state index in [1.54, 1.807) is 0 Å². The number of benzene rings is 2. The fraction of sp³-hybridized carbons (Fsp3) is 0.370. The minimum atomic E-state index is -1.16. The molecule has 3 aliphatic carbocycles. The van der Waals surface area contributed by atoms with Gasteiger partial charge in [-0.1, -0.05) is 18.2 Å². The number of halogens is 2. The Balaban J connectivity index is 1.50. The summed E-state index contributed by atoms with van der Waals surface area (Å²) in [6, 6.07) is 10.1. The van der Waals surface area contributed by atoms with Crippen LogP contribution < -0.4 is 0 Å². The van der Waals surface area contributed by atoms with Crippen molar-refractivity contribution in [3.05, 3.63) is 76.5 Å². The van der Waals surface area contributed by atoms with Gasteiger partial charge in [0.1, 0.15) is 11.6 Å². The van der Waals surface area contributed by atoms with Gasteiger partial charge in [0.25, 0.3) is 0 Å². The lowest BCUT2D eigenvalue weighted by molar-refractivity contribution is -0.135. The monoisotopic (exact) mass is 448 g/mol. The van der Waals surface area contributed by atoms with Crippen LogP contribution in [0.4, 0.5) is 8.78 Å². The first-order valence-electron chi connectivity index (χ1n) is 11.6. The molecule has 3 aromatic rings. The molecule has 33 heavy (non-hydrogen) atoms. The van der Waals surface area contributed by atoms with E-state index in [9.17, 15) is 4.79 Å². The van der Waals surface area contributed by atoms with E-state index in [0.29, 0.717) is 0 Å². The number of para-hydroxylation sites is 1. The van der Waals surface area contributed by atoms with Crippen LogP contribution in [0.1, 0.15) is 54.6 Å². The molecule has 1 aromatic heterocycles. The highest BCUT2D eigenvalue weighted by atomic mass is 19.1. The molecule has 0 unspecified atom stereocenters. The number of hydrogen-bond donors (Lipinski definition) is 2. The van der Waals surface area contributed by atoms with Crippen LogP contribution in [0.25, 0.3) is 17.0 Å². The highest BCUT2D eigenvalue weighted by molar-refractivity contribution is 5.86. The summed E-state index contributed by atoms with van der Waals surface area (Å²) in [5, 5.41) is 9.98. The van der Waals surface area contributed by atoms with Crippen LogP contribution in [0.3, 0.4) is 0 Å². The summed E-state index contributed by atoms with van der Waals surface area (Å²) in [6.07, 6.45) is 6.58. The Morgan fingerprint density at radius 1 is 1.21 bits per heavy atom. The molecule has 6 heteroatoms. The number of carbonyl (C=O) groups is 1. The lowest BCUT2D eigenvalue weighted by Gasteiger charge is -2.64. The number of nitrogens with zero attached hydrogens (tertiary/aromatic N) is 1. The van der Waals surface area contributed by atoms with E-state index >= 15 is 8.78 Å². The Hall–Kier alpha value is -2.99. The molecule has 3 fully saturated rings. The lowest BCUT2D eigenvalue weighted by atomic mass is 9.44. The first-order chi connectivity index (χ1) is 15.8. The number of aromatic nitrogens is 1. The van der Waals surface area contributed by atoms with Crippen molar-refractivity contribution < 1.29 is 18.7 Å². The Kier molecular flexibility index (Phi) is 4.53. The number of nitrogens with one attached hydrogen (secondary N) is 1. The summed E-state index contributed by atoms with van der Waals surface area (Å²) in [5.74, 6) is -1.62. The van der Waals surface area contributed by atoms with Gasteiger partial charge in [0.15, 0.2) is 0 Å². The normalized spacial score (nSPS) is 28.5. The minimum absolute atomic E-state index is 0.0356. The molecule has 2 atom stereocenters. The Morgan fingerprint density at radius 2 is 1.91 bits per heavy atom. The molecule has 4 aliphatic rings. The average Bonchev–Trinajstić information content (AvgIpc) is 3.07. The molecular weight excluding hydrogens is 422 g/mol. The molecule has 2 bridgehead atoms. The third-order valence-corrected chi connectivity index (χ3v) is 7.99. The van der Waals surface area contributed by atoms with Gasteiger partial charge in [-0.2, -0.15) is 0 Å². The maximum atomic E-state index is 15.5. The van der Waals surface area contributed by atoms with Crippen molar-refractivity contribution in [1.82, 2.24) is 9.88 Å². The van der Waals surface area contributed by atoms with E-state index in [1.807, 2.05) is 18.2 Å². The molecule has 1 aliphatic heterocycles. The summed E-state index contributed by atoms with van der Waals surface area (Å²) in [6.45, 7) is 2.99. The van der Waals surface area contributed by atoms with Gasteiger partial charge in [-0.3, -0.25) is 4.90 Å². The number of aromatic amines is 1. The molecule has 170 valence electrons. The van der Waals surface area contributed by atoms with Gasteiger partial charge in [0.2, 0.25) is 0 Å². The highest BCUT2D eigenvalue weighted by Crippen LogP contribution is 2.65. The molecule has 0 amide bonds. The minimum Gasteiger partial charge on any atom is -0.478 e. The number of H-pyrrole nitrogens is 1. The van der Waals surface area contributed by atoms with Crippen molar-refractivity contribution in [1.29, 1.82) is 0 Å². The summed E-state index contributed by atoms with van der Waals surface area (Å²) in [4.78, 5) is 16.6. The Bertz CT molecular complexity index is 1270. The zero-order chi connectivity index (χ0) is 22.9. The third-order valence-electron chi connectivity index (χ3n) is 7.99. The molecule has 2 heterocycles. The largest absolute Gasteiger partial charge is 0.478 e. The highest BCUT2D eigenvalue weighted by Gasteiger charge is 2.58.